The van der Waals surface area contributed by atoms with E-state index >= 15 is 0 Å². The molecular formula is C16H16O6. The summed E-state index contributed by atoms with van der Waals surface area (Å²) in [6.07, 6.45) is 0.720. The molecule has 116 valence electrons. The Hall–Kier alpha value is -2.76. The van der Waals surface area contributed by atoms with Gasteiger partial charge in [0.15, 0.2) is 11.5 Å². The molecule has 0 spiro atoms. The number of rotatable bonds is 7. The van der Waals surface area contributed by atoms with Gasteiger partial charge in [0, 0.05) is 5.56 Å². The lowest BCUT2D eigenvalue weighted by Gasteiger charge is -2.09. The Bertz CT molecular complexity index is 658. The minimum Gasteiger partial charge on any atom is -0.493 e. The number of carbonyl (C=O) groups is 2. The van der Waals surface area contributed by atoms with Gasteiger partial charge in [0.05, 0.1) is 13.7 Å². The minimum absolute atomic E-state index is 0.0953. The standard InChI is InChI=1S/C16H16O6/c1-3-20-16(18)14-7-5-12(22-14)10-21-15-8-11(9-17)4-6-13(15)19-2/h4-9H,3,10H2,1-2H3. The molecule has 1 aromatic carbocycles. The van der Waals surface area contributed by atoms with Gasteiger partial charge in [0.2, 0.25) is 5.76 Å². The molecule has 6 heteroatoms. The fourth-order valence-corrected chi connectivity index (χ4v) is 1.80. The first-order chi connectivity index (χ1) is 10.7. The maximum absolute atomic E-state index is 11.5. The van der Waals surface area contributed by atoms with Gasteiger partial charge < -0.3 is 18.6 Å². The van der Waals surface area contributed by atoms with E-state index in [0.717, 1.165) is 6.29 Å². The molecule has 22 heavy (non-hydrogen) atoms. The number of methoxy groups -OCH3 is 1. The summed E-state index contributed by atoms with van der Waals surface area (Å²) in [6.45, 7) is 2.09. The number of aldehydes is 1. The quantitative estimate of drug-likeness (QED) is 0.578. The predicted molar refractivity (Wildman–Crippen MR) is 77.4 cm³/mol. The molecule has 0 atom stereocenters. The number of furan rings is 1. The van der Waals surface area contributed by atoms with Crippen molar-refractivity contribution in [2.75, 3.05) is 13.7 Å². The van der Waals surface area contributed by atoms with Gasteiger partial charge in [-0.3, -0.25) is 4.79 Å². The number of hydrogen-bond acceptors (Lipinski definition) is 6. The SMILES string of the molecule is CCOC(=O)c1ccc(COc2cc(C=O)ccc2OC)o1. The summed E-state index contributed by atoms with van der Waals surface area (Å²) in [5.41, 5.74) is 0.474. The van der Waals surface area contributed by atoms with E-state index in [0.29, 0.717) is 22.8 Å². The summed E-state index contributed by atoms with van der Waals surface area (Å²) in [5, 5.41) is 0. The van der Waals surface area contributed by atoms with Gasteiger partial charge in [0.1, 0.15) is 18.7 Å². The van der Waals surface area contributed by atoms with Gasteiger partial charge in [0.25, 0.3) is 0 Å². The number of benzene rings is 1. The monoisotopic (exact) mass is 304 g/mol. The third-order valence-corrected chi connectivity index (χ3v) is 2.83. The zero-order chi connectivity index (χ0) is 15.9. The van der Waals surface area contributed by atoms with Crippen LogP contribution in [0, 0.1) is 0 Å². The van der Waals surface area contributed by atoms with Crippen LogP contribution in [0.15, 0.2) is 34.7 Å². The first-order valence-corrected chi connectivity index (χ1v) is 6.69. The molecular weight excluding hydrogens is 288 g/mol. The molecule has 2 rings (SSSR count). The molecule has 1 aromatic heterocycles. The fourth-order valence-electron chi connectivity index (χ4n) is 1.80. The van der Waals surface area contributed by atoms with Crippen molar-refractivity contribution < 1.29 is 28.2 Å². The van der Waals surface area contributed by atoms with Gasteiger partial charge >= 0.3 is 5.97 Å². The fraction of sp³-hybridized carbons (Fsp3) is 0.250. The van der Waals surface area contributed by atoms with Gasteiger partial charge in [-0.2, -0.15) is 0 Å². The average Bonchev–Trinajstić information content (AvgIpc) is 3.02. The van der Waals surface area contributed by atoms with E-state index in [1.54, 1.807) is 31.2 Å². The van der Waals surface area contributed by atoms with Crippen molar-refractivity contribution in [1.29, 1.82) is 0 Å². The molecule has 0 saturated carbocycles. The van der Waals surface area contributed by atoms with Crippen LogP contribution in [-0.4, -0.2) is 26.0 Å². The van der Waals surface area contributed by atoms with Gasteiger partial charge in [-0.15, -0.1) is 0 Å². The highest BCUT2D eigenvalue weighted by molar-refractivity contribution is 5.86. The number of carbonyl (C=O) groups excluding carboxylic acids is 2. The smallest absolute Gasteiger partial charge is 0.374 e. The maximum atomic E-state index is 11.5. The van der Waals surface area contributed by atoms with E-state index in [1.165, 1.54) is 13.2 Å². The summed E-state index contributed by atoms with van der Waals surface area (Å²) in [5.74, 6) is 0.980. The van der Waals surface area contributed by atoms with Crippen LogP contribution in [0.3, 0.4) is 0 Å². The molecule has 0 fully saturated rings. The molecule has 0 aliphatic heterocycles. The van der Waals surface area contributed by atoms with Gasteiger partial charge in [-0.05, 0) is 37.3 Å². The molecule has 6 nitrogen and oxygen atoms in total. The van der Waals surface area contributed by atoms with E-state index in [1.807, 2.05) is 0 Å². The van der Waals surface area contributed by atoms with E-state index < -0.39 is 5.97 Å². The van der Waals surface area contributed by atoms with Crippen LogP contribution in [0.1, 0.15) is 33.6 Å². The maximum Gasteiger partial charge on any atom is 0.374 e. The molecule has 0 aliphatic rings. The Morgan fingerprint density at radius 1 is 1.23 bits per heavy atom. The van der Waals surface area contributed by atoms with Gasteiger partial charge in [-0.1, -0.05) is 0 Å². The van der Waals surface area contributed by atoms with Crippen molar-refractivity contribution in [2.45, 2.75) is 13.5 Å². The third kappa shape index (κ3) is 3.66. The Morgan fingerprint density at radius 3 is 2.73 bits per heavy atom. The van der Waals surface area contributed by atoms with E-state index in [4.69, 9.17) is 18.6 Å². The highest BCUT2D eigenvalue weighted by atomic mass is 16.5. The average molecular weight is 304 g/mol. The van der Waals surface area contributed by atoms with E-state index in [2.05, 4.69) is 0 Å². The lowest BCUT2D eigenvalue weighted by molar-refractivity contribution is 0.0486. The van der Waals surface area contributed by atoms with Crippen LogP contribution >= 0.6 is 0 Å². The van der Waals surface area contributed by atoms with Crippen molar-refractivity contribution in [3.63, 3.8) is 0 Å². The van der Waals surface area contributed by atoms with E-state index in [9.17, 15) is 9.59 Å². The van der Waals surface area contributed by atoms with Crippen molar-refractivity contribution in [2.24, 2.45) is 0 Å². The first kappa shape index (κ1) is 15.6. The molecule has 1 heterocycles. The van der Waals surface area contributed by atoms with Gasteiger partial charge in [-0.25, -0.2) is 4.79 Å². The molecule has 0 aliphatic carbocycles. The van der Waals surface area contributed by atoms with Crippen LogP contribution < -0.4 is 9.47 Å². The zero-order valence-electron chi connectivity index (χ0n) is 12.3. The largest absolute Gasteiger partial charge is 0.493 e. The molecule has 0 N–H and O–H groups in total. The summed E-state index contributed by atoms with van der Waals surface area (Å²) >= 11 is 0. The van der Waals surface area contributed by atoms with Crippen molar-refractivity contribution in [1.82, 2.24) is 0 Å². The van der Waals surface area contributed by atoms with Crippen molar-refractivity contribution in [3.8, 4) is 11.5 Å². The van der Waals surface area contributed by atoms with Crippen LogP contribution in [0.25, 0.3) is 0 Å². The topological polar surface area (TPSA) is 75.0 Å². The predicted octanol–water partition coefficient (Wildman–Crippen LogP) is 2.86. The van der Waals surface area contributed by atoms with Crippen LogP contribution in [0.2, 0.25) is 0 Å². The van der Waals surface area contributed by atoms with Crippen LogP contribution in [0.5, 0.6) is 11.5 Å². The number of hydrogen-bond donors (Lipinski definition) is 0. The number of ether oxygens (including phenoxy) is 3. The Labute approximate surface area is 127 Å². The zero-order valence-corrected chi connectivity index (χ0v) is 12.3. The molecule has 0 amide bonds. The van der Waals surface area contributed by atoms with E-state index in [-0.39, 0.29) is 19.0 Å². The Balaban J connectivity index is 2.07. The molecule has 0 bridgehead atoms. The summed E-state index contributed by atoms with van der Waals surface area (Å²) in [7, 11) is 1.51. The summed E-state index contributed by atoms with van der Waals surface area (Å²) < 4.78 is 20.9. The molecule has 0 saturated heterocycles. The second-order valence-electron chi connectivity index (χ2n) is 4.30. The summed E-state index contributed by atoms with van der Waals surface area (Å²) in [4.78, 5) is 22.3. The van der Waals surface area contributed by atoms with Crippen molar-refractivity contribution in [3.05, 3.63) is 47.4 Å². The minimum atomic E-state index is -0.519. The normalized spacial score (nSPS) is 10.1. The Kier molecular flexibility index (Phi) is 5.19. The highest BCUT2D eigenvalue weighted by Gasteiger charge is 2.13. The third-order valence-electron chi connectivity index (χ3n) is 2.83. The second kappa shape index (κ2) is 7.31. The second-order valence-corrected chi connectivity index (χ2v) is 4.30. The highest BCUT2D eigenvalue weighted by Crippen LogP contribution is 2.28. The molecule has 0 unspecified atom stereocenters. The van der Waals surface area contributed by atoms with Crippen LogP contribution in [-0.2, 0) is 11.3 Å². The van der Waals surface area contributed by atoms with Crippen molar-refractivity contribution >= 4 is 12.3 Å². The summed E-state index contributed by atoms with van der Waals surface area (Å²) in [6, 6.07) is 7.99. The Morgan fingerprint density at radius 2 is 2.05 bits per heavy atom. The lowest BCUT2D eigenvalue weighted by atomic mass is 10.2. The molecule has 2 aromatic rings. The van der Waals surface area contributed by atoms with Crippen LogP contribution in [0.4, 0.5) is 0 Å². The number of esters is 1. The molecule has 0 radical (unpaired) electrons. The first-order valence-electron chi connectivity index (χ1n) is 6.69. The lowest BCUT2D eigenvalue weighted by Crippen LogP contribution is -2.03.